The summed E-state index contributed by atoms with van der Waals surface area (Å²) in [4.78, 5) is 30.9. The zero-order valence-corrected chi connectivity index (χ0v) is 20.5. The van der Waals surface area contributed by atoms with Gasteiger partial charge in [-0.3, -0.25) is 4.79 Å². The Labute approximate surface area is 209 Å². The van der Waals surface area contributed by atoms with Crippen molar-refractivity contribution in [2.24, 2.45) is 0 Å². The van der Waals surface area contributed by atoms with Crippen LogP contribution in [0.25, 0.3) is 11.0 Å². The summed E-state index contributed by atoms with van der Waals surface area (Å²) in [6.45, 7) is 5.37. The van der Waals surface area contributed by atoms with E-state index in [-0.39, 0.29) is 11.9 Å². The summed E-state index contributed by atoms with van der Waals surface area (Å²) in [6.07, 6.45) is 8.79. The van der Waals surface area contributed by atoms with E-state index in [2.05, 4.69) is 55.5 Å². The van der Waals surface area contributed by atoms with Gasteiger partial charge in [-0.05, 0) is 50.1 Å². The highest BCUT2D eigenvalue weighted by Gasteiger charge is 2.24. The first-order valence-corrected chi connectivity index (χ1v) is 12.2. The number of benzene rings is 1. The number of hydrogen-bond donors (Lipinski definition) is 3. The molecule has 10 heteroatoms. The number of likely N-dealkylation sites (tertiary alicyclic amines) is 1. The molecule has 0 saturated carbocycles. The molecule has 0 aliphatic carbocycles. The molecule has 3 aromatic rings. The van der Waals surface area contributed by atoms with Crippen molar-refractivity contribution in [3.63, 3.8) is 0 Å². The number of aromatic amines is 1. The number of anilines is 4. The highest BCUT2D eigenvalue weighted by atomic mass is 35.5. The maximum absolute atomic E-state index is 12.0. The van der Waals surface area contributed by atoms with E-state index < -0.39 is 0 Å². The first-order chi connectivity index (χ1) is 17.0. The Morgan fingerprint density at radius 1 is 1.17 bits per heavy atom. The van der Waals surface area contributed by atoms with Gasteiger partial charge in [-0.25, -0.2) is 0 Å². The van der Waals surface area contributed by atoms with Crippen LogP contribution in [0.4, 0.5) is 23.1 Å². The number of amides is 1. The third-order valence-electron chi connectivity index (χ3n) is 6.65. The number of nitrogens with zero attached hydrogens (tertiary/aromatic N) is 5. The van der Waals surface area contributed by atoms with Gasteiger partial charge in [0.1, 0.15) is 11.5 Å². The molecule has 1 amide bonds. The van der Waals surface area contributed by atoms with Crippen molar-refractivity contribution in [2.45, 2.75) is 18.9 Å². The molecule has 0 radical (unpaired) electrons. The Hall–Kier alpha value is -3.48. The number of H-pyrrole nitrogens is 1. The lowest BCUT2D eigenvalue weighted by Crippen LogP contribution is -2.44. The summed E-state index contributed by atoms with van der Waals surface area (Å²) in [7, 11) is 2.16. The molecule has 4 heterocycles. The molecule has 0 unspecified atom stereocenters. The van der Waals surface area contributed by atoms with Crippen molar-refractivity contribution in [3.05, 3.63) is 35.5 Å². The summed E-state index contributed by atoms with van der Waals surface area (Å²) in [5.74, 6) is 3.00. The number of terminal acetylenes is 1. The molecule has 0 bridgehead atoms. The minimum atomic E-state index is -0.286. The van der Waals surface area contributed by atoms with Crippen LogP contribution in [0, 0.1) is 12.3 Å². The summed E-state index contributed by atoms with van der Waals surface area (Å²) >= 11 is 6.44. The van der Waals surface area contributed by atoms with Crippen LogP contribution in [-0.4, -0.2) is 83.0 Å². The van der Waals surface area contributed by atoms with Gasteiger partial charge in [-0.15, -0.1) is 6.42 Å². The average molecular weight is 493 g/mol. The van der Waals surface area contributed by atoms with Crippen molar-refractivity contribution in [3.8, 4) is 12.3 Å². The number of hydrogen-bond acceptors (Lipinski definition) is 7. The summed E-state index contributed by atoms with van der Waals surface area (Å²) in [5.41, 5.74) is 2.74. The second kappa shape index (κ2) is 10.0. The van der Waals surface area contributed by atoms with Gasteiger partial charge in [0.15, 0.2) is 0 Å². The van der Waals surface area contributed by atoms with Crippen molar-refractivity contribution in [1.29, 1.82) is 0 Å². The topological polar surface area (TPSA) is 92.4 Å². The van der Waals surface area contributed by atoms with Gasteiger partial charge in [0.05, 0.1) is 10.4 Å². The van der Waals surface area contributed by atoms with Crippen LogP contribution >= 0.6 is 11.6 Å². The first kappa shape index (κ1) is 23.3. The average Bonchev–Trinajstić information content (AvgIpc) is 3.25. The molecule has 3 N–H and O–H groups in total. The molecular weight excluding hydrogens is 464 g/mol. The smallest absolute Gasteiger partial charge is 0.298 e. The fourth-order valence-corrected chi connectivity index (χ4v) is 4.90. The molecule has 1 aromatic carbocycles. The highest BCUT2D eigenvalue weighted by Crippen LogP contribution is 2.31. The number of likely N-dealkylation sites (N-methyl/N-ethyl adjacent to an activating group) is 1. The Morgan fingerprint density at radius 3 is 2.69 bits per heavy atom. The normalized spacial score (nSPS) is 18.9. The minimum absolute atomic E-state index is 0.0147. The lowest BCUT2D eigenvalue weighted by molar-refractivity contribution is -0.126. The largest absolute Gasteiger partial charge is 0.369 e. The van der Waals surface area contributed by atoms with E-state index in [1.807, 2.05) is 12.1 Å². The van der Waals surface area contributed by atoms with E-state index in [0.717, 1.165) is 50.1 Å². The van der Waals surface area contributed by atoms with Crippen molar-refractivity contribution < 1.29 is 4.79 Å². The molecule has 9 nitrogen and oxygen atoms in total. The van der Waals surface area contributed by atoms with E-state index in [9.17, 15) is 4.79 Å². The van der Waals surface area contributed by atoms with E-state index in [1.54, 1.807) is 11.1 Å². The molecule has 2 fully saturated rings. The number of carbonyl (C=O) groups excluding carboxylic acids is 1. The third-order valence-corrected chi connectivity index (χ3v) is 6.95. The number of piperazine rings is 1. The summed E-state index contributed by atoms with van der Waals surface area (Å²) in [6, 6.07) is 8.34. The van der Waals surface area contributed by atoms with Gasteiger partial charge in [0.2, 0.25) is 5.95 Å². The predicted molar refractivity (Wildman–Crippen MR) is 140 cm³/mol. The minimum Gasteiger partial charge on any atom is -0.369 e. The molecule has 1 atom stereocenters. The van der Waals surface area contributed by atoms with Gasteiger partial charge < -0.3 is 30.3 Å². The molecule has 5 rings (SSSR count). The SMILES string of the molecule is C#CC(=O)N1CCC[C@@H](Nc2nc(Nc3ccc(N4CCN(C)CC4)cc3)nc3[nH]cc(Cl)c23)C1. The Morgan fingerprint density at radius 2 is 1.94 bits per heavy atom. The lowest BCUT2D eigenvalue weighted by atomic mass is 10.1. The van der Waals surface area contributed by atoms with E-state index >= 15 is 0 Å². The molecule has 2 saturated heterocycles. The van der Waals surface area contributed by atoms with E-state index in [1.165, 1.54) is 5.69 Å². The molecule has 2 aromatic heterocycles. The molecule has 182 valence electrons. The van der Waals surface area contributed by atoms with Crippen LogP contribution in [0.2, 0.25) is 5.02 Å². The lowest BCUT2D eigenvalue weighted by Gasteiger charge is -2.34. The Bertz CT molecular complexity index is 1240. The predicted octanol–water partition coefficient (Wildman–Crippen LogP) is 3.14. The van der Waals surface area contributed by atoms with Crippen LogP contribution in [0.3, 0.4) is 0 Å². The summed E-state index contributed by atoms with van der Waals surface area (Å²) in [5, 5.41) is 8.05. The van der Waals surface area contributed by atoms with Crippen LogP contribution in [-0.2, 0) is 4.79 Å². The fourth-order valence-electron chi connectivity index (χ4n) is 4.67. The molecule has 35 heavy (non-hydrogen) atoms. The van der Waals surface area contributed by atoms with E-state index in [0.29, 0.717) is 35.5 Å². The van der Waals surface area contributed by atoms with Gasteiger partial charge in [0, 0.05) is 62.9 Å². The number of fused-ring (bicyclic) bond motifs is 1. The first-order valence-electron chi connectivity index (χ1n) is 11.9. The van der Waals surface area contributed by atoms with Crippen molar-refractivity contribution >= 4 is 51.7 Å². The number of piperidine rings is 1. The number of rotatable bonds is 5. The van der Waals surface area contributed by atoms with Crippen LogP contribution in [0.1, 0.15) is 12.8 Å². The van der Waals surface area contributed by atoms with Crippen LogP contribution < -0.4 is 15.5 Å². The maximum Gasteiger partial charge on any atom is 0.298 e. The zero-order valence-electron chi connectivity index (χ0n) is 19.7. The van der Waals surface area contributed by atoms with Crippen molar-refractivity contribution in [2.75, 3.05) is 61.8 Å². The number of aromatic nitrogens is 3. The number of carbonyl (C=O) groups is 1. The molecule has 2 aliphatic rings. The fraction of sp³-hybridized carbons (Fsp3) is 0.400. The maximum atomic E-state index is 12.0. The Balaban J connectivity index is 1.34. The Kier molecular flexibility index (Phi) is 6.66. The van der Waals surface area contributed by atoms with Gasteiger partial charge in [-0.1, -0.05) is 11.6 Å². The van der Waals surface area contributed by atoms with Crippen LogP contribution in [0.5, 0.6) is 0 Å². The standard InChI is InChI=1S/C25H29ClN8O/c1-3-21(35)34-10-4-5-18(16-34)28-24-22-20(26)15-27-23(22)30-25(31-24)29-17-6-8-19(9-7-17)33-13-11-32(2)12-14-33/h1,6-9,15,18H,4-5,10-14,16H2,2H3,(H3,27,28,29,30,31)/t18-/m1/s1. The molecule has 0 spiro atoms. The van der Waals surface area contributed by atoms with E-state index in [4.69, 9.17) is 23.0 Å². The number of halogens is 1. The molecular formula is C25H29ClN8O. The van der Waals surface area contributed by atoms with Gasteiger partial charge in [0.25, 0.3) is 5.91 Å². The third kappa shape index (κ3) is 5.14. The zero-order chi connectivity index (χ0) is 24.4. The monoisotopic (exact) mass is 492 g/mol. The molecule has 2 aliphatic heterocycles. The second-order valence-electron chi connectivity index (χ2n) is 9.10. The van der Waals surface area contributed by atoms with Crippen LogP contribution in [0.15, 0.2) is 30.5 Å². The number of nitrogens with one attached hydrogen (secondary N) is 3. The summed E-state index contributed by atoms with van der Waals surface area (Å²) < 4.78 is 0. The quantitative estimate of drug-likeness (QED) is 0.471. The second-order valence-corrected chi connectivity index (χ2v) is 9.50. The van der Waals surface area contributed by atoms with Gasteiger partial charge >= 0.3 is 0 Å². The highest BCUT2D eigenvalue weighted by molar-refractivity contribution is 6.36. The van der Waals surface area contributed by atoms with Gasteiger partial charge in [-0.2, -0.15) is 9.97 Å². The van der Waals surface area contributed by atoms with Crippen molar-refractivity contribution in [1.82, 2.24) is 24.8 Å².